The molecular weight excluding hydrogens is 1350 g/mol. The van der Waals surface area contributed by atoms with Gasteiger partial charge in [-0.15, -0.1) is 0 Å². The minimum atomic E-state index is -2.04. The van der Waals surface area contributed by atoms with Gasteiger partial charge in [0.2, 0.25) is 0 Å². The van der Waals surface area contributed by atoms with Crippen molar-refractivity contribution in [2.45, 2.75) is 145 Å². The van der Waals surface area contributed by atoms with Gasteiger partial charge in [0, 0.05) is 160 Å². The van der Waals surface area contributed by atoms with E-state index in [1.807, 2.05) is 26.3 Å². The fourth-order valence-electron chi connectivity index (χ4n) is 11.2. The van der Waals surface area contributed by atoms with E-state index >= 15 is 0 Å². The monoisotopic (exact) mass is 1460 g/mol. The van der Waals surface area contributed by atoms with E-state index < -0.39 is 94.7 Å². The van der Waals surface area contributed by atoms with Gasteiger partial charge in [-0.2, -0.15) is 5.10 Å². The summed E-state index contributed by atoms with van der Waals surface area (Å²) in [5, 5.41) is 118. The summed E-state index contributed by atoms with van der Waals surface area (Å²) < 4.78 is 23.6. The Kier molecular flexibility index (Phi) is 35.5. The van der Waals surface area contributed by atoms with Crippen LogP contribution in [0.3, 0.4) is 0 Å². The van der Waals surface area contributed by atoms with E-state index in [2.05, 4.69) is 45.9 Å². The lowest BCUT2D eigenvalue weighted by atomic mass is 9.78. The number of nitrogens with zero attached hydrogens (tertiary/aromatic N) is 7. The number of hydrogen-bond donors (Lipinski definition) is 16. The van der Waals surface area contributed by atoms with Gasteiger partial charge >= 0.3 is 11.8 Å². The van der Waals surface area contributed by atoms with Gasteiger partial charge in [-0.05, 0) is 58.9 Å². The molecule has 0 aliphatic carbocycles. The Balaban J connectivity index is 0.000000401. The number of nitrogen functional groups attached to an aromatic ring is 1. The molecule has 3 aromatic heterocycles. The minimum Gasteiger partial charge on any atom is -0.507 e. The van der Waals surface area contributed by atoms with Crippen LogP contribution in [0.1, 0.15) is 134 Å². The number of piperazine rings is 1. The number of phenolic OH excluding ortho intramolecular Hbond substituents is 3. The van der Waals surface area contributed by atoms with E-state index in [1.165, 1.54) is 96.6 Å². The third-order valence-corrected chi connectivity index (χ3v) is 17.9. The average Bonchev–Trinajstić information content (AvgIpc) is 1.49. The largest absolute Gasteiger partial charge is 0.507 e. The number of methoxy groups -OCH3 is 1. The Hall–Kier alpha value is -9.32. The van der Waals surface area contributed by atoms with Crippen molar-refractivity contribution in [3.63, 3.8) is 0 Å². The normalized spacial score (nSPS) is 23.1. The van der Waals surface area contributed by atoms with Crippen LogP contribution in [0.2, 0.25) is 0 Å². The quantitative estimate of drug-likeness (QED) is 0.00927. The predicted molar refractivity (Wildman–Crippen MR) is 388 cm³/mol. The van der Waals surface area contributed by atoms with Gasteiger partial charge in [0.1, 0.15) is 34.8 Å². The number of fused-ring (bicyclic) bond motifs is 14. The highest BCUT2D eigenvalue weighted by atomic mass is 16.7. The lowest BCUT2D eigenvalue weighted by Gasteiger charge is -2.38. The summed E-state index contributed by atoms with van der Waals surface area (Å²) in [5.41, 5.74) is 8.51. The summed E-state index contributed by atoms with van der Waals surface area (Å²) in [6, 6.07) is 3.57. The number of ether oxygens (including phenoxy) is 4. The zero-order chi connectivity index (χ0) is 77.7. The molecule has 0 unspecified atom stereocenters. The molecule has 7 heterocycles. The van der Waals surface area contributed by atoms with Crippen LogP contribution in [-0.2, 0) is 37.0 Å². The minimum absolute atomic E-state index is 0.0379. The van der Waals surface area contributed by atoms with Crippen LogP contribution < -0.4 is 37.7 Å². The van der Waals surface area contributed by atoms with E-state index in [4.69, 9.17) is 50.9 Å². The number of benzene rings is 2. The fourth-order valence-corrected chi connectivity index (χ4v) is 11.2. The molecule has 9 rings (SSSR count). The number of phenols is 3. The Bertz CT molecular complexity index is 3730. The predicted octanol–water partition coefficient (Wildman–Crippen LogP) is 3.38. The second-order valence-electron chi connectivity index (χ2n) is 25.3. The number of pyridine rings is 2. The van der Waals surface area contributed by atoms with Crippen molar-refractivity contribution in [1.29, 1.82) is 0 Å². The molecule has 1 fully saturated rings. The Morgan fingerprint density at radius 1 is 0.808 bits per heavy atom. The first-order valence-electron chi connectivity index (χ1n) is 34.0. The average molecular weight is 1460 g/mol. The number of hydrazine groups is 1. The molecule has 32 heteroatoms. The molecule has 3 amide bonds. The number of primary amides is 1. The molecule has 4 aliphatic heterocycles. The third kappa shape index (κ3) is 23.6. The highest BCUT2D eigenvalue weighted by Gasteiger charge is 2.50. The number of carbonyl (C=O) groups excluding carboxylic acids is 5. The third-order valence-electron chi connectivity index (χ3n) is 17.9. The number of anilines is 1. The maximum atomic E-state index is 14.4. The number of nitrogens with one attached hydrogen (secondary N) is 4. The first-order valence-corrected chi connectivity index (χ1v) is 34.0. The second-order valence-corrected chi connectivity index (χ2v) is 25.3. The number of aromatic hydroxyl groups is 4. The zero-order valence-electron chi connectivity index (χ0n) is 61.3. The Morgan fingerprint density at radius 3 is 1.95 bits per heavy atom. The number of amides is 3. The number of Topliss-reactive ketones (excluding diaryl/α,β-unsaturated/α-hetero) is 1. The van der Waals surface area contributed by atoms with Crippen molar-refractivity contribution in [3.8, 4) is 28.7 Å². The van der Waals surface area contributed by atoms with Crippen molar-refractivity contribution < 1.29 is 94.0 Å². The first-order chi connectivity index (χ1) is 49.4. The van der Waals surface area contributed by atoms with Gasteiger partial charge in [0.15, 0.2) is 5.75 Å². The summed E-state index contributed by atoms with van der Waals surface area (Å²) in [6.45, 7) is 22.3. The second kappa shape index (κ2) is 42.4. The van der Waals surface area contributed by atoms with Gasteiger partial charge in [0.05, 0.1) is 91.3 Å². The van der Waals surface area contributed by atoms with E-state index in [9.17, 15) is 54.6 Å². The first kappa shape index (κ1) is 87.1. The lowest BCUT2D eigenvalue weighted by molar-refractivity contribution is -0.160. The standard InChI is InChI=1S/C43H58N4O12.C10H24N2O2.C8H11NO3.C6H7N3O.C5H5N3O/c1-21-12-11-13-22(2)42(55)45-33-28(20-44-47-17-15-46(9)16-18-47)37(52)30-31(38(33)53)36(51)26(6)40-32(30)41(54)43(8,59-40)57-19-14-29(56-10)23(3)39(58-27(7)48)25(5)35(50)24(4)34(21)49;1-3-9(7-13)11-5-6-12-10(4-2)8-14;1-5-8(12)7(4-11)6(3-10)2-9-5;7-9-6(10)5-1-3-8-4-2-5;6-5(9)4-3-7-1-2-8-4/h11-14,19-21,23-25,29,34-35,39,49-53H,15-18H2,1-10H3,(H,45,55);9-14H,3-8H2,1-2H3;2,10-12H,3-4H2,1H3;1-4H,7H2,(H,9,10);1-3H,(H2,6,9)/b12-11+,19-14+,22-13-,44-20+;;;;/t21-,23+,24+,25-,29-,34-,35+,39+,43-;9-,10-;;;/m00.../s1. The molecule has 5 aromatic rings. The van der Waals surface area contributed by atoms with Crippen molar-refractivity contribution in [1.82, 2.24) is 45.9 Å². The van der Waals surface area contributed by atoms with Crippen LogP contribution in [0, 0.1) is 37.5 Å². The van der Waals surface area contributed by atoms with E-state index in [1.54, 1.807) is 63.9 Å². The fraction of sp³-hybridized carbons (Fsp3) is 0.500. The van der Waals surface area contributed by atoms with Crippen LogP contribution >= 0.6 is 0 Å². The number of hydrazone groups is 1. The number of carbonyl (C=O) groups is 5. The molecule has 104 heavy (non-hydrogen) atoms. The van der Waals surface area contributed by atoms with Crippen LogP contribution in [-0.4, -0.2) is 226 Å². The summed E-state index contributed by atoms with van der Waals surface area (Å²) in [5.74, 6) is -4.35. The highest BCUT2D eigenvalue weighted by Crippen LogP contribution is 2.55. The molecule has 0 radical (unpaired) electrons. The van der Waals surface area contributed by atoms with Gasteiger partial charge in [-0.3, -0.25) is 49.4 Å². The van der Waals surface area contributed by atoms with E-state index in [-0.39, 0.29) is 100 Å². The number of nitrogens with two attached hydrogens (primary N) is 2. The number of aryl methyl sites for hydroxylation is 1. The van der Waals surface area contributed by atoms with Crippen molar-refractivity contribution in [3.05, 3.63) is 130 Å². The smallest absolute Gasteiger partial charge is 0.312 e. The van der Waals surface area contributed by atoms with Gasteiger partial charge in [-0.1, -0.05) is 59.8 Å². The molecule has 0 spiro atoms. The molecule has 11 atom stereocenters. The summed E-state index contributed by atoms with van der Waals surface area (Å²) in [7, 11) is 3.42. The number of ketones is 1. The van der Waals surface area contributed by atoms with E-state index in [0.717, 1.165) is 39.0 Å². The summed E-state index contributed by atoms with van der Waals surface area (Å²) >= 11 is 0. The van der Waals surface area contributed by atoms with Crippen molar-refractivity contribution >= 4 is 52.1 Å². The van der Waals surface area contributed by atoms with Crippen LogP contribution in [0.4, 0.5) is 5.69 Å². The summed E-state index contributed by atoms with van der Waals surface area (Å²) in [4.78, 5) is 78.6. The molecule has 1 saturated heterocycles. The van der Waals surface area contributed by atoms with E-state index in [0.29, 0.717) is 35.5 Å². The van der Waals surface area contributed by atoms with Gasteiger partial charge < -0.3 is 96.6 Å². The lowest BCUT2D eigenvalue weighted by Crippen LogP contribution is -2.46. The molecule has 572 valence electrons. The number of aromatic nitrogens is 4. The number of aliphatic hydroxyl groups is 6. The molecule has 0 saturated carbocycles. The number of hydrogen-bond acceptors (Lipinski definition) is 29. The van der Waals surface area contributed by atoms with Crippen LogP contribution in [0.25, 0.3) is 10.8 Å². The Labute approximate surface area is 605 Å². The maximum Gasteiger partial charge on any atom is 0.312 e. The number of allylic oxidation sites excluding steroid dienone is 2. The maximum absolute atomic E-state index is 14.4. The number of rotatable bonds is 17. The van der Waals surface area contributed by atoms with Crippen molar-refractivity contribution in [2.24, 2.45) is 40.3 Å². The molecule has 18 N–H and O–H groups in total. The molecule has 4 aliphatic rings. The number of likely N-dealkylation sites (N-methyl/N-ethyl adjacent to an activating group) is 1. The van der Waals surface area contributed by atoms with Gasteiger partial charge in [-0.25, -0.2) is 10.8 Å². The number of aliphatic hydroxyl groups excluding tert-OH is 6. The highest BCUT2D eigenvalue weighted by molar-refractivity contribution is 6.24. The Morgan fingerprint density at radius 2 is 1.43 bits per heavy atom. The summed E-state index contributed by atoms with van der Waals surface area (Å²) in [6.07, 6.45) is 15.5. The molecule has 5 bridgehead atoms. The van der Waals surface area contributed by atoms with Crippen LogP contribution in [0.15, 0.2) is 90.6 Å². The molecule has 32 nitrogen and oxygen atoms in total. The zero-order valence-corrected chi connectivity index (χ0v) is 61.3. The topological polar surface area (TPSA) is 495 Å². The van der Waals surface area contributed by atoms with Gasteiger partial charge in [0.25, 0.3) is 23.5 Å². The van der Waals surface area contributed by atoms with Crippen molar-refractivity contribution in [2.75, 3.05) is 72.0 Å². The molecular formula is C72H105N13O19. The number of esters is 1. The molecule has 2 aromatic carbocycles. The SMILES string of the molecule is CC[C@@H](CO)NCCN[C@@H](CC)CO.CO[C@H]1/C=C/O[C@@]2(C)Oc3c(C)c(O)c4c(O)c(c(/C=N/N5CCN(C)CC5)c(O)c4c3C2=O)NC(=O)/C(C)=C\C=C\[C@H](C)[C@H](O)[C@@H](C)[C@@H](O)[C@H](C)[C@H](OC(C)=O)[C@@H]1C.Cc1ncc(CO)c(CO)c1O.NC(=O)c1cnccn1.NNC(=O)c1ccncc1. The van der Waals surface area contributed by atoms with Crippen LogP contribution in [0.5, 0.6) is 28.7 Å².